The third-order valence-electron chi connectivity index (χ3n) is 6.03. The maximum atomic E-state index is 6.74. The highest BCUT2D eigenvalue weighted by molar-refractivity contribution is 9.11. The minimum Gasteiger partial charge on any atom is -0.324 e. The SMILES string of the molecule is NC(c1cc(Br)ccc1Br)C1C2CC3CC(C2)CC1C3. The molecule has 0 radical (unpaired) electrons. The van der Waals surface area contributed by atoms with Gasteiger partial charge in [-0.05, 0) is 85.5 Å². The summed E-state index contributed by atoms with van der Waals surface area (Å²) in [4.78, 5) is 0. The number of hydrogen-bond acceptors (Lipinski definition) is 1. The van der Waals surface area contributed by atoms with Gasteiger partial charge < -0.3 is 5.73 Å². The summed E-state index contributed by atoms with van der Waals surface area (Å²) >= 11 is 7.29. The van der Waals surface area contributed by atoms with E-state index < -0.39 is 0 Å². The lowest BCUT2D eigenvalue weighted by Crippen LogP contribution is -2.48. The fraction of sp³-hybridized carbons (Fsp3) is 0.647. The van der Waals surface area contributed by atoms with E-state index in [-0.39, 0.29) is 6.04 Å². The molecular weight excluding hydrogens is 378 g/mol. The second kappa shape index (κ2) is 5.10. The van der Waals surface area contributed by atoms with Crippen molar-refractivity contribution < 1.29 is 0 Å². The Labute approximate surface area is 138 Å². The molecule has 0 saturated heterocycles. The van der Waals surface area contributed by atoms with Gasteiger partial charge in [-0.25, -0.2) is 0 Å². The van der Waals surface area contributed by atoms with Crippen LogP contribution < -0.4 is 5.73 Å². The van der Waals surface area contributed by atoms with E-state index in [9.17, 15) is 0 Å². The number of halogens is 2. The average molecular weight is 399 g/mol. The molecule has 2 N–H and O–H groups in total. The molecule has 4 aliphatic rings. The summed E-state index contributed by atoms with van der Waals surface area (Å²) in [6.45, 7) is 0. The first-order valence-electron chi connectivity index (χ1n) is 7.82. The fourth-order valence-corrected chi connectivity index (χ4v) is 6.42. The summed E-state index contributed by atoms with van der Waals surface area (Å²) in [5.74, 6) is 4.51. The number of nitrogens with two attached hydrogens (primary N) is 1. The van der Waals surface area contributed by atoms with Crippen LogP contribution >= 0.6 is 31.9 Å². The lowest BCUT2D eigenvalue weighted by atomic mass is 9.50. The summed E-state index contributed by atoms with van der Waals surface area (Å²) in [7, 11) is 0. The maximum Gasteiger partial charge on any atom is 0.0340 e. The quantitative estimate of drug-likeness (QED) is 0.719. The van der Waals surface area contributed by atoms with Gasteiger partial charge in [0.15, 0.2) is 0 Å². The van der Waals surface area contributed by atoms with Crippen molar-refractivity contribution in [1.82, 2.24) is 0 Å². The van der Waals surface area contributed by atoms with Gasteiger partial charge in [-0.2, -0.15) is 0 Å². The van der Waals surface area contributed by atoms with Gasteiger partial charge in [0.05, 0.1) is 0 Å². The zero-order chi connectivity index (χ0) is 13.9. The second-order valence-electron chi connectivity index (χ2n) is 7.20. The van der Waals surface area contributed by atoms with Crippen molar-refractivity contribution in [1.29, 1.82) is 0 Å². The lowest BCUT2D eigenvalue weighted by molar-refractivity contribution is -0.0472. The fourth-order valence-electron chi connectivity index (χ4n) is 5.53. The molecule has 0 spiro atoms. The highest BCUT2D eigenvalue weighted by Crippen LogP contribution is 2.59. The summed E-state index contributed by atoms with van der Waals surface area (Å²) < 4.78 is 2.30. The molecule has 4 bridgehead atoms. The van der Waals surface area contributed by atoms with Crippen LogP contribution in [0.5, 0.6) is 0 Å². The van der Waals surface area contributed by atoms with Crippen molar-refractivity contribution in [2.24, 2.45) is 35.3 Å². The summed E-state index contributed by atoms with van der Waals surface area (Å²) in [6.07, 6.45) is 7.28. The Bertz CT molecular complexity index is 500. The third kappa shape index (κ3) is 2.21. The summed E-state index contributed by atoms with van der Waals surface area (Å²) in [5.41, 5.74) is 8.03. The number of benzene rings is 1. The van der Waals surface area contributed by atoms with E-state index in [0.29, 0.717) is 5.92 Å². The molecule has 20 heavy (non-hydrogen) atoms. The van der Waals surface area contributed by atoms with Gasteiger partial charge >= 0.3 is 0 Å². The molecule has 0 heterocycles. The molecule has 0 aliphatic heterocycles. The Morgan fingerprint density at radius 2 is 1.55 bits per heavy atom. The number of rotatable bonds is 2. The van der Waals surface area contributed by atoms with E-state index in [2.05, 4.69) is 50.1 Å². The van der Waals surface area contributed by atoms with Crippen LogP contribution in [0.3, 0.4) is 0 Å². The molecule has 1 aromatic rings. The average Bonchev–Trinajstić information content (AvgIpc) is 2.40. The largest absolute Gasteiger partial charge is 0.324 e. The van der Waals surface area contributed by atoms with Crippen molar-refractivity contribution in [2.45, 2.75) is 38.1 Å². The highest BCUT2D eigenvalue weighted by Gasteiger charge is 2.50. The van der Waals surface area contributed by atoms with E-state index in [1.54, 1.807) is 0 Å². The maximum absolute atomic E-state index is 6.74. The first-order chi connectivity index (χ1) is 9.61. The highest BCUT2D eigenvalue weighted by atomic mass is 79.9. The van der Waals surface area contributed by atoms with E-state index >= 15 is 0 Å². The first-order valence-corrected chi connectivity index (χ1v) is 9.41. The zero-order valence-electron chi connectivity index (χ0n) is 11.6. The molecular formula is C17H21Br2N. The second-order valence-corrected chi connectivity index (χ2v) is 8.97. The molecule has 1 aromatic carbocycles. The Hall–Kier alpha value is 0.140. The van der Waals surface area contributed by atoms with Crippen LogP contribution in [0.1, 0.15) is 43.7 Å². The molecule has 4 saturated carbocycles. The van der Waals surface area contributed by atoms with Crippen molar-refractivity contribution in [2.75, 3.05) is 0 Å². The Morgan fingerprint density at radius 1 is 0.950 bits per heavy atom. The van der Waals surface area contributed by atoms with Crippen LogP contribution in [0.4, 0.5) is 0 Å². The molecule has 3 heteroatoms. The van der Waals surface area contributed by atoms with Crippen LogP contribution in [0.2, 0.25) is 0 Å². The van der Waals surface area contributed by atoms with Gasteiger partial charge in [0.1, 0.15) is 0 Å². The standard InChI is InChI=1S/C17H21Br2N/c18-13-1-2-15(19)14(8-13)17(20)16-11-4-9-3-10(6-11)7-12(16)5-9/h1-2,8-12,16-17H,3-7,20H2. The first kappa shape index (κ1) is 13.8. The van der Waals surface area contributed by atoms with Crippen molar-refractivity contribution in [3.05, 3.63) is 32.7 Å². The summed E-state index contributed by atoms with van der Waals surface area (Å²) in [5, 5.41) is 0. The Balaban J connectivity index is 1.65. The third-order valence-corrected chi connectivity index (χ3v) is 7.25. The molecule has 0 aromatic heterocycles. The molecule has 0 amide bonds. The molecule has 4 fully saturated rings. The van der Waals surface area contributed by atoms with E-state index in [1.165, 1.54) is 42.1 Å². The van der Waals surface area contributed by atoms with Crippen LogP contribution in [0, 0.1) is 29.6 Å². The van der Waals surface area contributed by atoms with Crippen LogP contribution in [-0.2, 0) is 0 Å². The summed E-state index contributed by atoms with van der Waals surface area (Å²) in [6, 6.07) is 6.60. The van der Waals surface area contributed by atoms with Gasteiger partial charge in [-0.1, -0.05) is 31.9 Å². The topological polar surface area (TPSA) is 26.0 Å². The van der Waals surface area contributed by atoms with Gasteiger partial charge in [0.25, 0.3) is 0 Å². The van der Waals surface area contributed by atoms with Crippen molar-refractivity contribution in [3.63, 3.8) is 0 Å². The van der Waals surface area contributed by atoms with E-state index in [0.717, 1.165) is 28.1 Å². The number of hydrogen-bond donors (Lipinski definition) is 1. The van der Waals surface area contributed by atoms with Gasteiger partial charge in [-0.3, -0.25) is 0 Å². The smallest absolute Gasteiger partial charge is 0.0340 e. The molecule has 108 valence electrons. The van der Waals surface area contributed by atoms with E-state index in [1.807, 2.05) is 0 Å². The molecule has 4 aliphatic carbocycles. The lowest BCUT2D eigenvalue weighted by Gasteiger charge is -2.56. The monoisotopic (exact) mass is 397 g/mol. The molecule has 5 rings (SSSR count). The molecule has 1 nitrogen and oxygen atoms in total. The predicted molar refractivity (Wildman–Crippen MR) is 89.3 cm³/mol. The Kier molecular flexibility index (Phi) is 3.51. The van der Waals surface area contributed by atoms with Crippen LogP contribution in [0.25, 0.3) is 0 Å². The van der Waals surface area contributed by atoms with Crippen LogP contribution in [-0.4, -0.2) is 0 Å². The minimum absolute atomic E-state index is 0.192. The minimum atomic E-state index is 0.192. The predicted octanol–water partition coefficient (Wildman–Crippen LogP) is 5.28. The van der Waals surface area contributed by atoms with E-state index in [4.69, 9.17) is 5.73 Å². The molecule has 1 atom stereocenters. The van der Waals surface area contributed by atoms with Crippen molar-refractivity contribution >= 4 is 31.9 Å². The normalized spacial score (nSPS) is 40.0. The van der Waals surface area contributed by atoms with Gasteiger partial charge in [0, 0.05) is 15.0 Å². The van der Waals surface area contributed by atoms with Crippen LogP contribution in [0.15, 0.2) is 27.1 Å². The zero-order valence-corrected chi connectivity index (χ0v) is 14.7. The van der Waals surface area contributed by atoms with Crippen molar-refractivity contribution in [3.8, 4) is 0 Å². The molecule has 1 unspecified atom stereocenters. The van der Waals surface area contributed by atoms with Gasteiger partial charge in [0.2, 0.25) is 0 Å². The Morgan fingerprint density at radius 3 is 2.15 bits per heavy atom. The van der Waals surface area contributed by atoms with Gasteiger partial charge in [-0.15, -0.1) is 0 Å².